The van der Waals surface area contributed by atoms with E-state index in [1.165, 1.54) is 6.42 Å². The van der Waals surface area contributed by atoms with Crippen LogP contribution in [0.15, 0.2) is 12.2 Å². The molecule has 1 heteroatoms. The predicted molar refractivity (Wildman–Crippen MR) is 55.5 cm³/mol. The molecule has 1 saturated carbocycles. The monoisotopic (exact) mass is 180 g/mol. The third-order valence-electron chi connectivity index (χ3n) is 3.25. The normalized spacial score (nSPS) is 30.2. The van der Waals surface area contributed by atoms with Gasteiger partial charge in [0.25, 0.3) is 0 Å². The Morgan fingerprint density at radius 1 is 1.38 bits per heavy atom. The number of carbonyl (C=O) groups excluding carboxylic acids is 1. The Balaban J connectivity index is 2.61. The van der Waals surface area contributed by atoms with Gasteiger partial charge in [0.05, 0.1) is 0 Å². The Bertz CT molecular complexity index is 210. The molecule has 2 atom stereocenters. The molecule has 1 rings (SSSR count). The average molecular weight is 180 g/mol. The summed E-state index contributed by atoms with van der Waals surface area (Å²) in [5, 5.41) is 0. The fourth-order valence-corrected chi connectivity index (χ4v) is 2.06. The Morgan fingerprint density at radius 2 is 2.00 bits per heavy atom. The van der Waals surface area contributed by atoms with Crippen molar-refractivity contribution >= 4 is 6.29 Å². The third-order valence-corrected chi connectivity index (χ3v) is 3.25. The minimum Gasteiger partial charge on any atom is -0.303 e. The van der Waals surface area contributed by atoms with E-state index in [1.54, 1.807) is 0 Å². The van der Waals surface area contributed by atoms with Crippen molar-refractivity contribution in [3.05, 3.63) is 12.2 Å². The van der Waals surface area contributed by atoms with Gasteiger partial charge in [-0.05, 0) is 30.6 Å². The van der Waals surface area contributed by atoms with Crippen LogP contribution in [0.3, 0.4) is 0 Å². The van der Waals surface area contributed by atoms with E-state index in [9.17, 15) is 4.79 Å². The summed E-state index contributed by atoms with van der Waals surface area (Å²) < 4.78 is 0. The van der Waals surface area contributed by atoms with Crippen molar-refractivity contribution in [2.75, 3.05) is 0 Å². The van der Waals surface area contributed by atoms with E-state index >= 15 is 0 Å². The first-order valence-corrected chi connectivity index (χ1v) is 5.08. The first kappa shape index (κ1) is 10.5. The molecule has 0 aromatic heterocycles. The summed E-state index contributed by atoms with van der Waals surface area (Å²) in [5.41, 5.74) is 1.50. The quantitative estimate of drug-likeness (QED) is 0.447. The van der Waals surface area contributed by atoms with Crippen LogP contribution in [0.25, 0.3) is 0 Å². The Labute approximate surface area is 81.2 Å². The maximum absolute atomic E-state index is 10.7. The molecule has 1 fully saturated rings. The average Bonchev–Trinajstić information content (AvgIpc) is 2.02. The van der Waals surface area contributed by atoms with Crippen LogP contribution in [0.2, 0.25) is 0 Å². The van der Waals surface area contributed by atoms with E-state index in [0.717, 1.165) is 24.7 Å². The fraction of sp³-hybridized carbons (Fsp3) is 0.750. The van der Waals surface area contributed by atoms with Crippen molar-refractivity contribution in [2.45, 2.75) is 40.0 Å². The number of hydrogen-bond acceptors (Lipinski definition) is 1. The summed E-state index contributed by atoms with van der Waals surface area (Å²) in [6.45, 7) is 10.8. The molecule has 74 valence electrons. The number of rotatable bonds is 1. The fourth-order valence-electron chi connectivity index (χ4n) is 2.06. The molecular formula is C12H20O. The van der Waals surface area contributed by atoms with Gasteiger partial charge < -0.3 is 4.79 Å². The Hall–Kier alpha value is -0.590. The molecule has 1 nitrogen and oxygen atoms in total. The van der Waals surface area contributed by atoms with Gasteiger partial charge >= 0.3 is 0 Å². The molecule has 0 radical (unpaired) electrons. The van der Waals surface area contributed by atoms with E-state index in [-0.39, 0.29) is 5.92 Å². The smallest absolute Gasteiger partial charge is 0.127 e. The molecule has 1 aliphatic rings. The maximum atomic E-state index is 10.7. The van der Waals surface area contributed by atoms with Crippen LogP contribution in [0, 0.1) is 17.3 Å². The van der Waals surface area contributed by atoms with Crippen LogP contribution in [0.1, 0.15) is 40.0 Å². The topological polar surface area (TPSA) is 17.1 Å². The molecule has 0 saturated heterocycles. The van der Waals surface area contributed by atoms with Gasteiger partial charge in [-0.3, -0.25) is 0 Å². The van der Waals surface area contributed by atoms with Gasteiger partial charge in [-0.2, -0.15) is 0 Å². The molecule has 0 aliphatic heterocycles. The molecule has 0 unspecified atom stereocenters. The molecule has 1 aliphatic carbocycles. The zero-order valence-electron chi connectivity index (χ0n) is 8.97. The van der Waals surface area contributed by atoms with Crippen LogP contribution in [-0.4, -0.2) is 6.29 Å². The Kier molecular flexibility index (Phi) is 2.94. The second-order valence-electron chi connectivity index (χ2n) is 5.25. The van der Waals surface area contributed by atoms with Crippen molar-refractivity contribution < 1.29 is 4.79 Å². The van der Waals surface area contributed by atoms with Gasteiger partial charge in [0, 0.05) is 5.92 Å². The molecule has 0 aromatic carbocycles. The summed E-state index contributed by atoms with van der Waals surface area (Å²) in [6, 6.07) is 0. The second-order valence-corrected chi connectivity index (χ2v) is 5.25. The van der Waals surface area contributed by atoms with Crippen molar-refractivity contribution in [3.8, 4) is 0 Å². The molecule has 0 heterocycles. The molecule has 0 aromatic rings. The highest BCUT2D eigenvalue weighted by atomic mass is 16.1. The van der Waals surface area contributed by atoms with Gasteiger partial charge in [0.2, 0.25) is 0 Å². The van der Waals surface area contributed by atoms with Gasteiger partial charge in [-0.25, -0.2) is 0 Å². The first-order valence-electron chi connectivity index (χ1n) is 5.08. The minimum absolute atomic E-state index is 0.138. The first-order chi connectivity index (χ1) is 5.95. The van der Waals surface area contributed by atoms with Gasteiger partial charge in [0.15, 0.2) is 0 Å². The molecule has 0 amide bonds. The van der Waals surface area contributed by atoms with Crippen LogP contribution in [-0.2, 0) is 4.79 Å². The number of aldehydes is 1. The van der Waals surface area contributed by atoms with Crippen molar-refractivity contribution in [2.24, 2.45) is 17.3 Å². The molecule has 0 N–H and O–H groups in total. The lowest BCUT2D eigenvalue weighted by Crippen LogP contribution is -2.27. The summed E-state index contributed by atoms with van der Waals surface area (Å²) in [6.07, 6.45) is 4.27. The highest BCUT2D eigenvalue weighted by Crippen LogP contribution is 2.41. The zero-order chi connectivity index (χ0) is 10.1. The van der Waals surface area contributed by atoms with Crippen LogP contribution >= 0.6 is 0 Å². The van der Waals surface area contributed by atoms with Crippen LogP contribution < -0.4 is 0 Å². The highest BCUT2D eigenvalue weighted by molar-refractivity contribution is 5.58. The Morgan fingerprint density at radius 3 is 2.38 bits per heavy atom. The number of allylic oxidation sites excluding steroid dienone is 1. The van der Waals surface area contributed by atoms with E-state index < -0.39 is 0 Å². The number of carbonyl (C=O) groups is 1. The van der Waals surface area contributed by atoms with Gasteiger partial charge in [-0.15, -0.1) is 0 Å². The summed E-state index contributed by atoms with van der Waals surface area (Å²) >= 11 is 0. The minimum atomic E-state index is 0.138. The van der Waals surface area contributed by atoms with E-state index in [0.29, 0.717) is 11.3 Å². The van der Waals surface area contributed by atoms with Crippen LogP contribution in [0.4, 0.5) is 0 Å². The highest BCUT2D eigenvalue weighted by Gasteiger charge is 2.31. The van der Waals surface area contributed by atoms with Crippen molar-refractivity contribution in [3.63, 3.8) is 0 Å². The van der Waals surface area contributed by atoms with Crippen molar-refractivity contribution in [1.82, 2.24) is 0 Å². The zero-order valence-corrected chi connectivity index (χ0v) is 8.97. The van der Waals surface area contributed by atoms with E-state index in [1.807, 2.05) is 0 Å². The standard InChI is InChI=1S/C12H20O/c1-9-7-11(12(2,3)4)6-5-10(9)8-13/h8,10-11H,1,5-7H2,2-4H3/t10-,11-/m1/s1. The molecule has 0 bridgehead atoms. The maximum Gasteiger partial charge on any atom is 0.127 e. The van der Waals surface area contributed by atoms with Gasteiger partial charge in [0.1, 0.15) is 6.29 Å². The lowest BCUT2D eigenvalue weighted by molar-refractivity contribution is -0.110. The van der Waals surface area contributed by atoms with E-state index in [2.05, 4.69) is 27.4 Å². The molecular weight excluding hydrogens is 160 g/mol. The largest absolute Gasteiger partial charge is 0.303 e. The molecule has 13 heavy (non-hydrogen) atoms. The van der Waals surface area contributed by atoms with E-state index in [4.69, 9.17) is 0 Å². The lowest BCUT2D eigenvalue weighted by atomic mass is 9.68. The summed E-state index contributed by atoms with van der Waals surface area (Å²) in [5.74, 6) is 0.842. The summed E-state index contributed by atoms with van der Waals surface area (Å²) in [7, 11) is 0. The number of hydrogen-bond donors (Lipinski definition) is 0. The third kappa shape index (κ3) is 2.43. The summed E-state index contributed by atoms with van der Waals surface area (Å²) in [4.78, 5) is 10.7. The second kappa shape index (κ2) is 3.65. The SMILES string of the molecule is C=C1C[C@H](C(C)(C)C)CC[C@@H]1C=O. The van der Waals surface area contributed by atoms with Crippen molar-refractivity contribution in [1.29, 1.82) is 0 Å². The predicted octanol–water partition coefficient (Wildman–Crippen LogP) is 3.20. The van der Waals surface area contributed by atoms with Crippen LogP contribution in [0.5, 0.6) is 0 Å². The molecule has 0 spiro atoms. The van der Waals surface area contributed by atoms with Gasteiger partial charge in [-0.1, -0.05) is 32.9 Å². The lowest BCUT2D eigenvalue weighted by Gasteiger charge is -2.36.